The molecule has 4 heteroatoms. The normalized spacial score (nSPS) is 10.8. The molecule has 0 radical (unpaired) electrons. The van der Waals surface area contributed by atoms with Crippen molar-refractivity contribution in [2.24, 2.45) is 0 Å². The van der Waals surface area contributed by atoms with Crippen LogP contribution in [0.25, 0.3) is 49.7 Å². The number of oxazole rings is 1. The molecule has 0 spiro atoms. The lowest BCUT2D eigenvalue weighted by Gasteiger charge is -2.05. The highest BCUT2D eigenvalue weighted by molar-refractivity contribution is 6.30. The van der Waals surface area contributed by atoms with E-state index in [0.29, 0.717) is 16.6 Å². The second kappa shape index (κ2) is 7.51. The van der Waals surface area contributed by atoms with E-state index in [1.807, 2.05) is 60.7 Å². The monoisotopic (exact) mass is 406 g/mol. The van der Waals surface area contributed by atoms with E-state index in [1.165, 1.54) is 0 Å². The van der Waals surface area contributed by atoms with Crippen molar-refractivity contribution in [3.05, 3.63) is 107 Å². The van der Waals surface area contributed by atoms with Crippen molar-refractivity contribution in [2.45, 2.75) is 0 Å². The Balaban J connectivity index is 1.45. The van der Waals surface area contributed by atoms with Crippen molar-refractivity contribution in [1.82, 2.24) is 4.98 Å². The lowest BCUT2D eigenvalue weighted by atomic mass is 10.00. The summed E-state index contributed by atoms with van der Waals surface area (Å²) in [5, 5.41) is 0.683. The maximum absolute atomic E-state index is 7.07. The molecule has 3 nitrogen and oxygen atoms in total. The fraction of sp³-hybridized carbons (Fsp3) is 0. The summed E-state index contributed by atoms with van der Waals surface area (Å²) in [6.07, 6.45) is 0. The van der Waals surface area contributed by atoms with Gasteiger partial charge in [0.05, 0.1) is 6.57 Å². The van der Waals surface area contributed by atoms with Gasteiger partial charge in [0, 0.05) is 10.6 Å². The Morgan fingerprint density at radius 1 is 0.667 bits per heavy atom. The van der Waals surface area contributed by atoms with Crippen LogP contribution in [0.3, 0.4) is 0 Å². The number of hydrogen-bond acceptors (Lipinski definition) is 2. The largest absolute Gasteiger partial charge is 0.436 e. The molecule has 0 aliphatic rings. The SMILES string of the molecule is [C-]#[N+]c1ccc(-c2ccc(-c3ccc4nc(-c5ccc(Cl)cc5)oc4c3)cc2)cc1. The zero-order valence-electron chi connectivity index (χ0n) is 15.8. The van der Waals surface area contributed by atoms with Gasteiger partial charge in [-0.15, -0.1) is 0 Å². The van der Waals surface area contributed by atoms with Gasteiger partial charge in [-0.3, -0.25) is 0 Å². The highest BCUT2D eigenvalue weighted by Crippen LogP contribution is 2.30. The van der Waals surface area contributed by atoms with Gasteiger partial charge in [0.1, 0.15) is 5.52 Å². The molecule has 4 aromatic carbocycles. The van der Waals surface area contributed by atoms with Gasteiger partial charge in [0.15, 0.2) is 11.3 Å². The van der Waals surface area contributed by atoms with Crippen LogP contribution in [-0.2, 0) is 0 Å². The van der Waals surface area contributed by atoms with Crippen molar-refractivity contribution in [2.75, 3.05) is 0 Å². The number of halogens is 1. The molecule has 0 saturated heterocycles. The molecule has 0 N–H and O–H groups in total. The Morgan fingerprint density at radius 2 is 1.20 bits per heavy atom. The predicted octanol–water partition coefficient (Wildman–Crippen LogP) is 8.03. The number of fused-ring (bicyclic) bond motifs is 1. The summed E-state index contributed by atoms with van der Waals surface area (Å²) in [6, 6.07) is 29.5. The van der Waals surface area contributed by atoms with Crippen molar-refractivity contribution >= 4 is 28.4 Å². The van der Waals surface area contributed by atoms with Gasteiger partial charge in [0.2, 0.25) is 5.89 Å². The first-order valence-corrected chi connectivity index (χ1v) is 9.82. The molecule has 0 aliphatic carbocycles. The summed E-state index contributed by atoms with van der Waals surface area (Å²) >= 11 is 5.97. The summed E-state index contributed by atoms with van der Waals surface area (Å²) in [6.45, 7) is 7.07. The fourth-order valence-corrected chi connectivity index (χ4v) is 3.53. The average molecular weight is 407 g/mol. The second-order valence-electron chi connectivity index (χ2n) is 6.94. The summed E-state index contributed by atoms with van der Waals surface area (Å²) in [5.74, 6) is 0.581. The van der Waals surface area contributed by atoms with Gasteiger partial charge in [-0.05, 0) is 58.7 Å². The van der Waals surface area contributed by atoms with Crippen LogP contribution in [0.15, 0.2) is 95.4 Å². The van der Waals surface area contributed by atoms with E-state index in [2.05, 4.69) is 40.2 Å². The third kappa shape index (κ3) is 3.45. The van der Waals surface area contributed by atoms with E-state index >= 15 is 0 Å². The minimum atomic E-state index is 0.581. The molecule has 1 heterocycles. The average Bonchev–Trinajstić information content (AvgIpc) is 3.23. The molecule has 1 aromatic heterocycles. The molecular formula is C26H15ClN2O. The van der Waals surface area contributed by atoms with Crippen molar-refractivity contribution in [3.8, 4) is 33.7 Å². The maximum Gasteiger partial charge on any atom is 0.227 e. The molecule has 5 rings (SSSR count). The van der Waals surface area contributed by atoms with Crippen LogP contribution >= 0.6 is 11.6 Å². The smallest absolute Gasteiger partial charge is 0.227 e. The molecule has 5 aromatic rings. The van der Waals surface area contributed by atoms with Gasteiger partial charge in [0.25, 0.3) is 0 Å². The maximum atomic E-state index is 7.07. The lowest BCUT2D eigenvalue weighted by Crippen LogP contribution is -1.80. The van der Waals surface area contributed by atoms with Crippen molar-refractivity contribution < 1.29 is 4.42 Å². The van der Waals surface area contributed by atoms with Crippen LogP contribution < -0.4 is 0 Å². The van der Waals surface area contributed by atoms with E-state index in [9.17, 15) is 0 Å². The van der Waals surface area contributed by atoms with Crippen LogP contribution in [0.1, 0.15) is 0 Å². The number of nitrogens with zero attached hydrogens (tertiary/aromatic N) is 2. The summed E-state index contributed by atoms with van der Waals surface area (Å²) < 4.78 is 5.99. The van der Waals surface area contributed by atoms with E-state index < -0.39 is 0 Å². The lowest BCUT2D eigenvalue weighted by molar-refractivity contribution is 0.620. The molecule has 142 valence electrons. The summed E-state index contributed by atoms with van der Waals surface area (Å²) in [4.78, 5) is 8.02. The number of rotatable bonds is 3. The third-order valence-corrected chi connectivity index (χ3v) is 5.28. The van der Waals surface area contributed by atoms with E-state index in [0.717, 1.165) is 38.9 Å². The first-order chi connectivity index (χ1) is 14.7. The van der Waals surface area contributed by atoms with Gasteiger partial charge < -0.3 is 4.42 Å². The van der Waals surface area contributed by atoms with Crippen LogP contribution in [0.4, 0.5) is 5.69 Å². The van der Waals surface area contributed by atoms with Crippen molar-refractivity contribution in [3.63, 3.8) is 0 Å². The molecule has 30 heavy (non-hydrogen) atoms. The first-order valence-electron chi connectivity index (χ1n) is 9.44. The standard InChI is InChI=1S/C26H15ClN2O/c1-28-23-13-8-18(9-14-23)17-2-4-19(5-3-17)21-10-15-24-25(16-21)30-26(29-24)20-6-11-22(27)12-7-20/h2-16H. The Morgan fingerprint density at radius 3 is 1.83 bits per heavy atom. The molecule has 0 atom stereocenters. The van der Waals surface area contributed by atoms with Gasteiger partial charge in [-0.25, -0.2) is 9.83 Å². The molecule has 0 saturated carbocycles. The van der Waals surface area contributed by atoms with Gasteiger partial charge in [-0.1, -0.05) is 66.2 Å². The Bertz CT molecular complexity index is 1380. The minimum absolute atomic E-state index is 0.581. The minimum Gasteiger partial charge on any atom is -0.436 e. The van der Waals surface area contributed by atoms with E-state index in [-0.39, 0.29) is 0 Å². The van der Waals surface area contributed by atoms with Crippen molar-refractivity contribution in [1.29, 1.82) is 0 Å². The quantitative estimate of drug-likeness (QED) is 0.284. The molecule has 0 unspecified atom stereocenters. The fourth-order valence-electron chi connectivity index (χ4n) is 3.40. The number of aromatic nitrogens is 1. The topological polar surface area (TPSA) is 30.4 Å². The summed E-state index contributed by atoms with van der Waals surface area (Å²) in [5.41, 5.74) is 7.48. The zero-order chi connectivity index (χ0) is 20.5. The highest BCUT2D eigenvalue weighted by atomic mass is 35.5. The Labute approximate surface area is 179 Å². The van der Waals surface area contributed by atoms with Crippen LogP contribution in [0.2, 0.25) is 5.02 Å². The summed E-state index contributed by atoms with van der Waals surface area (Å²) in [7, 11) is 0. The third-order valence-electron chi connectivity index (χ3n) is 5.03. The Hall–Kier alpha value is -3.87. The van der Waals surface area contributed by atoms with E-state index in [1.54, 1.807) is 0 Å². The van der Waals surface area contributed by atoms with Gasteiger partial charge in [-0.2, -0.15) is 0 Å². The van der Waals surface area contributed by atoms with Crippen LogP contribution in [0, 0.1) is 6.57 Å². The van der Waals surface area contributed by atoms with E-state index in [4.69, 9.17) is 22.6 Å². The first kappa shape index (κ1) is 18.2. The van der Waals surface area contributed by atoms with Crippen LogP contribution in [0.5, 0.6) is 0 Å². The molecule has 0 amide bonds. The highest BCUT2D eigenvalue weighted by Gasteiger charge is 2.10. The Kier molecular flexibility index (Phi) is 4.55. The van der Waals surface area contributed by atoms with Gasteiger partial charge >= 0.3 is 0 Å². The zero-order valence-corrected chi connectivity index (χ0v) is 16.6. The second-order valence-corrected chi connectivity index (χ2v) is 7.38. The molecular weight excluding hydrogens is 392 g/mol. The predicted molar refractivity (Wildman–Crippen MR) is 122 cm³/mol. The molecule has 0 fully saturated rings. The van der Waals surface area contributed by atoms with Crippen LogP contribution in [-0.4, -0.2) is 4.98 Å². The molecule has 0 aliphatic heterocycles. The number of hydrogen-bond donors (Lipinski definition) is 0. The number of benzene rings is 4. The molecule has 0 bridgehead atoms.